The second-order valence-corrected chi connectivity index (χ2v) is 4.46. The van der Waals surface area contributed by atoms with E-state index in [1.165, 1.54) is 12.8 Å². The molecule has 5 heteroatoms. The van der Waals surface area contributed by atoms with Crippen molar-refractivity contribution in [2.75, 3.05) is 26.9 Å². The van der Waals surface area contributed by atoms with Crippen molar-refractivity contribution in [2.24, 2.45) is 16.6 Å². The van der Waals surface area contributed by atoms with Gasteiger partial charge in [0.1, 0.15) is 0 Å². The number of fused-ring (bicyclic) bond motifs is 1. The first kappa shape index (κ1) is 11.7. The quantitative estimate of drug-likeness (QED) is 0.406. The van der Waals surface area contributed by atoms with Gasteiger partial charge in [-0.1, -0.05) is 0 Å². The SMILES string of the molecule is COCCN=C(N)NC1CC2OCCCC12. The van der Waals surface area contributed by atoms with Gasteiger partial charge in [-0.25, -0.2) is 0 Å². The Morgan fingerprint density at radius 2 is 2.50 bits per heavy atom. The molecule has 3 N–H and O–H groups in total. The number of hydrogen-bond acceptors (Lipinski definition) is 3. The van der Waals surface area contributed by atoms with Crippen LogP contribution in [0.1, 0.15) is 19.3 Å². The van der Waals surface area contributed by atoms with Gasteiger partial charge in [-0.15, -0.1) is 0 Å². The molecule has 0 radical (unpaired) electrons. The minimum absolute atomic E-state index is 0.455. The number of guanidine groups is 1. The zero-order valence-corrected chi connectivity index (χ0v) is 9.82. The van der Waals surface area contributed by atoms with Crippen molar-refractivity contribution in [3.8, 4) is 0 Å². The van der Waals surface area contributed by atoms with Gasteiger partial charge in [0, 0.05) is 25.7 Å². The molecule has 0 bridgehead atoms. The van der Waals surface area contributed by atoms with E-state index in [9.17, 15) is 0 Å². The number of ether oxygens (including phenoxy) is 2. The highest BCUT2D eigenvalue weighted by Crippen LogP contribution is 2.37. The predicted molar refractivity (Wildman–Crippen MR) is 62.4 cm³/mol. The monoisotopic (exact) mass is 227 g/mol. The third-order valence-electron chi connectivity index (χ3n) is 3.41. The highest BCUT2D eigenvalue weighted by atomic mass is 16.5. The van der Waals surface area contributed by atoms with Gasteiger partial charge in [0.15, 0.2) is 5.96 Å². The van der Waals surface area contributed by atoms with E-state index in [4.69, 9.17) is 15.2 Å². The van der Waals surface area contributed by atoms with Crippen molar-refractivity contribution in [3.05, 3.63) is 0 Å². The van der Waals surface area contributed by atoms with E-state index in [2.05, 4.69) is 10.3 Å². The largest absolute Gasteiger partial charge is 0.383 e. The van der Waals surface area contributed by atoms with Crippen LogP contribution in [0.3, 0.4) is 0 Å². The number of nitrogens with two attached hydrogens (primary N) is 1. The molecular formula is C11H21N3O2. The number of rotatable bonds is 4. The van der Waals surface area contributed by atoms with E-state index < -0.39 is 0 Å². The van der Waals surface area contributed by atoms with Crippen LogP contribution in [0.5, 0.6) is 0 Å². The minimum atomic E-state index is 0.455. The maximum Gasteiger partial charge on any atom is 0.188 e. The van der Waals surface area contributed by atoms with E-state index in [0.717, 1.165) is 13.0 Å². The van der Waals surface area contributed by atoms with Gasteiger partial charge in [-0.3, -0.25) is 4.99 Å². The molecule has 1 aliphatic heterocycles. The molecule has 3 atom stereocenters. The predicted octanol–water partition coefficient (Wildman–Crippen LogP) is 0.105. The van der Waals surface area contributed by atoms with E-state index in [-0.39, 0.29) is 0 Å². The second-order valence-electron chi connectivity index (χ2n) is 4.46. The lowest BCUT2D eigenvalue weighted by molar-refractivity contribution is -0.0989. The molecule has 3 unspecified atom stereocenters. The standard InChI is InChI=1S/C11H21N3O2/c1-15-6-4-13-11(12)14-9-7-10-8(9)3-2-5-16-10/h8-10H,2-7H2,1H3,(H3,12,13,14). The second kappa shape index (κ2) is 5.50. The molecule has 16 heavy (non-hydrogen) atoms. The fourth-order valence-electron chi connectivity index (χ4n) is 2.45. The molecule has 0 aromatic rings. The molecule has 2 fully saturated rings. The molecule has 2 rings (SSSR count). The normalized spacial score (nSPS) is 34.1. The molecule has 1 saturated heterocycles. The van der Waals surface area contributed by atoms with Crippen molar-refractivity contribution < 1.29 is 9.47 Å². The molecule has 1 aliphatic carbocycles. The van der Waals surface area contributed by atoms with Crippen LogP contribution in [0.4, 0.5) is 0 Å². The molecular weight excluding hydrogens is 206 g/mol. The molecule has 0 aromatic carbocycles. The topological polar surface area (TPSA) is 68.9 Å². The minimum Gasteiger partial charge on any atom is -0.383 e. The lowest BCUT2D eigenvalue weighted by Gasteiger charge is -2.47. The van der Waals surface area contributed by atoms with Gasteiger partial charge in [-0.05, 0) is 19.3 Å². The maximum atomic E-state index is 5.79. The zero-order chi connectivity index (χ0) is 11.4. The van der Waals surface area contributed by atoms with Crippen molar-refractivity contribution >= 4 is 5.96 Å². The Labute approximate surface area is 96.4 Å². The Morgan fingerprint density at radius 1 is 1.62 bits per heavy atom. The fourth-order valence-corrected chi connectivity index (χ4v) is 2.45. The van der Waals surface area contributed by atoms with Gasteiger partial charge >= 0.3 is 0 Å². The van der Waals surface area contributed by atoms with Crippen molar-refractivity contribution in [1.29, 1.82) is 0 Å². The van der Waals surface area contributed by atoms with Gasteiger partial charge in [-0.2, -0.15) is 0 Å². The first-order valence-electron chi connectivity index (χ1n) is 5.98. The Morgan fingerprint density at radius 3 is 3.25 bits per heavy atom. The maximum absolute atomic E-state index is 5.79. The fraction of sp³-hybridized carbons (Fsp3) is 0.909. The molecule has 0 amide bonds. The lowest BCUT2D eigenvalue weighted by atomic mass is 9.72. The van der Waals surface area contributed by atoms with E-state index in [0.29, 0.717) is 37.2 Å². The number of hydrogen-bond donors (Lipinski definition) is 2. The highest BCUT2D eigenvalue weighted by molar-refractivity contribution is 5.78. The number of nitrogens with one attached hydrogen (secondary N) is 1. The third kappa shape index (κ3) is 2.65. The molecule has 2 aliphatic rings. The number of methoxy groups -OCH3 is 1. The summed E-state index contributed by atoms with van der Waals surface area (Å²) in [6, 6.07) is 0.455. The van der Waals surface area contributed by atoms with Crippen LogP contribution >= 0.6 is 0 Å². The van der Waals surface area contributed by atoms with Crippen molar-refractivity contribution in [1.82, 2.24) is 5.32 Å². The van der Waals surface area contributed by atoms with Crippen LogP contribution in [0, 0.1) is 5.92 Å². The summed E-state index contributed by atoms with van der Waals surface area (Å²) >= 11 is 0. The molecule has 1 heterocycles. The summed E-state index contributed by atoms with van der Waals surface area (Å²) in [7, 11) is 1.66. The summed E-state index contributed by atoms with van der Waals surface area (Å²) in [6.07, 6.45) is 3.93. The van der Waals surface area contributed by atoms with Crippen LogP contribution in [0.15, 0.2) is 4.99 Å². The van der Waals surface area contributed by atoms with Crippen LogP contribution in [-0.2, 0) is 9.47 Å². The van der Waals surface area contributed by atoms with Gasteiger partial charge < -0.3 is 20.5 Å². The lowest BCUT2D eigenvalue weighted by Crippen LogP contribution is -2.59. The van der Waals surface area contributed by atoms with Crippen molar-refractivity contribution in [3.63, 3.8) is 0 Å². The number of nitrogens with zero attached hydrogens (tertiary/aromatic N) is 1. The number of aliphatic imine (C=N–C) groups is 1. The Bertz CT molecular complexity index is 258. The molecule has 1 saturated carbocycles. The third-order valence-corrected chi connectivity index (χ3v) is 3.41. The van der Waals surface area contributed by atoms with Crippen LogP contribution in [0.25, 0.3) is 0 Å². The zero-order valence-electron chi connectivity index (χ0n) is 9.82. The molecule has 5 nitrogen and oxygen atoms in total. The first-order valence-corrected chi connectivity index (χ1v) is 5.98. The van der Waals surface area contributed by atoms with E-state index in [1.54, 1.807) is 7.11 Å². The van der Waals surface area contributed by atoms with Gasteiger partial charge in [0.2, 0.25) is 0 Å². The first-order chi connectivity index (χ1) is 7.81. The summed E-state index contributed by atoms with van der Waals surface area (Å²) in [5, 5.41) is 3.27. The van der Waals surface area contributed by atoms with Crippen LogP contribution in [-0.4, -0.2) is 45.0 Å². The summed E-state index contributed by atoms with van der Waals surface area (Å²) in [4.78, 5) is 4.19. The smallest absolute Gasteiger partial charge is 0.188 e. The summed E-state index contributed by atoms with van der Waals surface area (Å²) in [6.45, 7) is 2.15. The van der Waals surface area contributed by atoms with Crippen LogP contribution in [0.2, 0.25) is 0 Å². The van der Waals surface area contributed by atoms with Crippen molar-refractivity contribution in [2.45, 2.75) is 31.4 Å². The summed E-state index contributed by atoms with van der Waals surface area (Å²) in [5.41, 5.74) is 5.79. The molecule has 0 aromatic heterocycles. The summed E-state index contributed by atoms with van der Waals surface area (Å²) < 4.78 is 10.6. The van der Waals surface area contributed by atoms with Gasteiger partial charge in [0.05, 0.1) is 19.3 Å². The average molecular weight is 227 g/mol. The Balaban J connectivity index is 1.71. The van der Waals surface area contributed by atoms with Crippen LogP contribution < -0.4 is 11.1 Å². The van der Waals surface area contributed by atoms with Gasteiger partial charge in [0.25, 0.3) is 0 Å². The Kier molecular flexibility index (Phi) is 4.01. The van der Waals surface area contributed by atoms with E-state index >= 15 is 0 Å². The molecule has 92 valence electrons. The average Bonchev–Trinajstić information content (AvgIpc) is 2.26. The highest BCUT2D eigenvalue weighted by Gasteiger charge is 2.43. The van der Waals surface area contributed by atoms with E-state index in [1.807, 2.05) is 0 Å². The Hall–Kier alpha value is -0.810. The molecule has 0 spiro atoms. The summed E-state index contributed by atoms with van der Waals surface area (Å²) in [5.74, 6) is 1.16.